The fourth-order valence-corrected chi connectivity index (χ4v) is 11.1. The zero-order chi connectivity index (χ0) is 38.2. The highest BCUT2D eigenvalue weighted by Gasteiger charge is 2.52. The minimum atomic E-state index is -0.539. The lowest BCUT2D eigenvalue weighted by Gasteiger charge is -2.41. The largest absolute Gasteiger partial charge is 0.228 e. The maximum Gasteiger partial charge on any atom is 0.160 e. The van der Waals surface area contributed by atoms with Crippen LogP contribution in [0.5, 0.6) is 0 Å². The normalized spacial score (nSPS) is 13.2. The Kier molecular flexibility index (Phi) is 7.41. The fraction of sp³-hybridized carbons (Fsp3) is 0.0182. The minimum absolute atomic E-state index is 0.539. The van der Waals surface area contributed by atoms with Crippen molar-refractivity contribution in [1.82, 2.24) is 9.97 Å². The van der Waals surface area contributed by atoms with Crippen molar-refractivity contribution < 1.29 is 0 Å². The molecule has 1 aliphatic heterocycles. The first-order chi connectivity index (χ1) is 28.8. The van der Waals surface area contributed by atoms with Gasteiger partial charge in [-0.2, -0.15) is 0 Å². The quantitative estimate of drug-likeness (QED) is 0.179. The summed E-state index contributed by atoms with van der Waals surface area (Å²) in [6.45, 7) is 0. The van der Waals surface area contributed by atoms with Crippen molar-refractivity contribution >= 4 is 33.3 Å². The lowest BCUT2D eigenvalue weighted by atomic mass is 9.65. The maximum absolute atomic E-state index is 5.14. The number of benzene rings is 9. The Hall–Kier alpha value is -7.07. The molecule has 0 fully saturated rings. The van der Waals surface area contributed by atoms with Gasteiger partial charge in [-0.1, -0.05) is 212 Å². The van der Waals surface area contributed by atoms with Crippen molar-refractivity contribution in [3.63, 3.8) is 0 Å². The average Bonchev–Trinajstić information content (AvgIpc) is 3.60. The molecule has 2 nitrogen and oxygen atoms in total. The summed E-state index contributed by atoms with van der Waals surface area (Å²) in [4.78, 5) is 12.9. The number of aromatic nitrogens is 2. The van der Waals surface area contributed by atoms with Gasteiger partial charge in [0.1, 0.15) is 0 Å². The molecular formula is C55H34N2S. The fourth-order valence-electron chi connectivity index (χ4n) is 9.59. The Bertz CT molecular complexity index is 3100. The second kappa shape index (κ2) is 13.0. The highest BCUT2D eigenvalue weighted by atomic mass is 32.2. The summed E-state index contributed by atoms with van der Waals surface area (Å²) in [6, 6.07) is 75.0. The Balaban J connectivity index is 1.09. The Morgan fingerprint density at radius 1 is 0.345 bits per heavy atom. The lowest BCUT2D eigenvalue weighted by Crippen LogP contribution is -2.32. The molecular weight excluding hydrogens is 721 g/mol. The van der Waals surface area contributed by atoms with Gasteiger partial charge in [0.2, 0.25) is 0 Å². The summed E-state index contributed by atoms with van der Waals surface area (Å²) in [5.41, 5.74) is 14.7. The number of hydrogen-bond acceptors (Lipinski definition) is 3. The van der Waals surface area contributed by atoms with Crippen molar-refractivity contribution in [2.24, 2.45) is 0 Å². The maximum atomic E-state index is 5.14. The van der Waals surface area contributed by atoms with Crippen LogP contribution in [-0.2, 0) is 5.41 Å². The van der Waals surface area contributed by atoms with Gasteiger partial charge in [0.25, 0.3) is 0 Å². The van der Waals surface area contributed by atoms with Crippen LogP contribution in [0.4, 0.5) is 0 Å². The zero-order valence-electron chi connectivity index (χ0n) is 31.4. The average molecular weight is 755 g/mol. The molecule has 0 saturated carbocycles. The molecule has 0 radical (unpaired) electrons. The first-order valence-electron chi connectivity index (χ1n) is 19.8. The van der Waals surface area contributed by atoms with Gasteiger partial charge in [-0.25, -0.2) is 9.97 Å². The molecule has 270 valence electrons. The first kappa shape index (κ1) is 33.1. The van der Waals surface area contributed by atoms with Gasteiger partial charge < -0.3 is 0 Å². The predicted octanol–water partition coefficient (Wildman–Crippen LogP) is 14.3. The predicted molar refractivity (Wildman–Crippen MR) is 240 cm³/mol. The topological polar surface area (TPSA) is 25.8 Å². The summed E-state index contributed by atoms with van der Waals surface area (Å²) in [5.74, 6) is 0.708. The van der Waals surface area contributed by atoms with Crippen LogP contribution in [0.25, 0.3) is 77.7 Å². The molecule has 9 aromatic carbocycles. The van der Waals surface area contributed by atoms with Crippen LogP contribution in [0, 0.1) is 0 Å². The number of fused-ring (bicyclic) bond motifs is 13. The van der Waals surface area contributed by atoms with Crippen LogP contribution in [0.15, 0.2) is 216 Å². The molecule has 2 heterocycles. The van der Waals surface area contributed by atoms with E-state index in [-0.39, 0.29) is 0 Å². The first-order valence-corrected chi connectivity index (χ1v) is 20.6. The van der Waals surface area contributed by atoms with E-state index < -0.39 is 5.41 Å². The molecule has 0 N–H and O–H groups in total. The second-order valence-corrected chi connectivity index (χ2v) is 16.2. The van der Waals surface area contributed by atoms with Gasteiger partial charge in [0, 0.05) is 26.5 Å². The molecule has 3 heteroatoms. The van der Waals surface area contributed by atoms with Crippen molar-refractivity contribution in [3.05, 3.63) is 229 Å². The summed E-state index contributed by atoms with van der Waals surface area (Å²) in [5, 5.41) is 5.11. The van der Waals surface area contributed by atoms with E-state index in [2.05, 4.69) is 194 Å². The number of rotatable bonds is 4. The SMILES string of the molecule is c1ccc(-c2cc(-c3ccccc3)nc(-c3ccc(-c4cccc5c4C4(c6ccccc6-5)c5ccc6ccccc6c5Sc5c4ccc4ccccc54)cc3)n2)cc1. The van der Waals surface area contributed by atoms with E-state index in [9.17, 15) is 0 Å². The molecule has 1 spiro atoms. The highest BCUT2D eigenvalue weighted by molar-refractivity contribution is 8.00. The molecule has 12 rings (SSSR count). The minimum Gasteiger partial charge on any atom is -0.228 e. The van der Waals surface area contributed by atoms with Crippen molar-refractivity contribution in [3.8, 4) is 56.2 Å². The molecule has 1 aliphatic carbocycles. The molecule has 58 heavy (non-hydrogen) atoms. The third kappa shape index (κ3) is 4.87. The van der Waals surface area contributed by atoms with E-state index in [1.165, 1.54) is 70.3 Å². The van der Waals surface area contributed by atoms with Crippen molar-refractivity contribution in [2.75, 3.05) is 0 Å². The molecule has 0 saturated heterocycles. The van der Waals surface area contributed by atoms with Crippen molar-refractivity contribution in [1.29, 1.82) is 0 Å². The lowest BCUT2D eigenvalue weighted by molar-refractivity contribution is 0.731. The van der Waals surface area contributed by atoms with E-state index in [0.29, 0.717) is 5.82 Å². The van der Waals surface area contributed by atoms with Gasteiger partial charge in [0.05, 0.1) is 16.8 Å². The van der Waals surface area contributed by atoms with Crippen molar-refractivity contribution in [2.45, 2.75) is 15.2 Å². The summed E-state index contributed by atoms with van der Waals surface area (Å²) in [6.07, 6.45) is 0. The second-order valence-electron chi connectivity index (χ2n) is 15.2. The Labute approximate surface area is 341 Å². The standard InChI is InChI=1S/C55H34N2S/c1-3-16-38(17-4-1)49-34-50(39-18-5-2-6-19-39)57-54(56-49)40-28-26-37(27-29-40)41-23-13-24-45-44-22-11-12-25-46(44)55(51(41)45)47-32-30-35-14-7-9-20-42(35)52(47)58-53-43-21-10-8-15-36(43)31-33-48(53)55/h1-34H. The van der Waals surface area contributed by atoms with Gasteiger partial charge in [-0.15, -0.1) is 0 Å². The van der Waals surface area contributed by atoms with E-state index >= 15 is 0 Å². The van der Waals surface area contributed by atoms with Crippen LogP contribution >= 0.6 is 11.8 Å². The third-order valence-electron chi connectivity index (χ3n) is 12.2. The molecule has 10 aromatic rings. The molecule has 1 aromatic heterocycles. The van der Waals surface area contributed by atoms with Crippen LogP contribution in [0.1, 0.15) is 22.3 Å². The molecule has 0 amide bonds. The Morgan fingerprint density at radius 2 is 0.845 bits per heavy atom. The highest BCUT2D eigenvalue weighted by Crippen LogP contribution is 2.65. The van der Waals surface area contributed by atoms with Gasteiger partial charge in [0.15, 0.2) is 5.82 Å². The van der Waals surface area contributed by atoms with E-state index in [4.69, 9.17) is 9.97 Å². The summed E-state index contributed by atoms with van der Waals surface area (Å²) >= 11 is 1.94. The number of nitrogens with zero attached hydrogens (tertiary/aromatic N) is 2. The molecule has 2 aliphatic rings. The monoisotopic (exact) mass is 754 g/mol. The van der Waals surface area contributed by atoms with E-state index in [1.54, 1.807) is 0 Å². The van der Waals surface area contributed by atoms with E-state index in [0.717, 1.165) is 33.6 Å². The third-order valence-corrected chi connectivity index (χ3v) is 13.4. The molecule has 0 atom stereocenters. The molecule has 0 bridgehead atoms. The van der Waals surface area contributed by atoms with Crippen LogP contribution in [0.2, 0.25) is 0 Å². The molecule has 0 unspecified atom stereocenters. The van der Waals surface area contributed by atoms with Crippen LogP contribution in [-0.4, -0.2) is 9.97 Å². The van der Waals surface area contributed by atoms with E-state index in [1.807, 2.05) is 23.9 Å². The van der Waals surface area contributed by atoms with Gasteiger partial charge in [-0.05, 0) is 72.1 Å². The van der Waals surface area contributed by atoms with Gasteiger partial charge >= 0.3 is 0 Å². The summed E-state index contributed by atoms with van der Waals surface area (Å²) in [7, 11) is 0. The number of hydrogen-bond donors (Lipinski definition) is 0. The van der Waals surface area contributed by atoms with Crippen LogP contribution < -0.4 is 0 Å². The Morgan fingerprint density at radius 3 is 1.47 bits per heavy atom. The summed E-state index contributed by atoms with van der Waals surface area (Å²) < 4.78 is 0. The zero-order valence-corrected chi connectivity index (χ0v) is 32.2. The smallest absolute Gasteiger partial charge is 0.160 e. The van der Waals surface area contributed by atoms with Gasteiger partial charge in [-0.3, -0.25) is 0 Å². The van der Waals surface area contributed by atoms with Crippen LogP contribution in [0.3, 0.4) is 0 Å².